The quantitative estimate of drug-likeness (QED) is 0.741. The predicted molar refractivity (Wildman–Crippen MR) is 52.1 cm³/mol. The van der Waals surface area contributed by atoms with Crippen molar-refractivity contribution in [3.63, 3.8) is 0 Å². The molecule has 0 aliphatic heterocycles. The summed E-state index contributed by atoms with van der Waals surface area (Å²) < 4.78 is 5.03. The van der Waals surface area contributed by atoms with E-state index in [-0.39, 0.29) is 17.6 Å². The van der Waals surface area contributed by atoms with Crippen molar-refractivity contribution in [1.29, 1.82) is 0 Å². The van der Waals surface area contributed by atoms with E-state index in [1.165, 1.54) is 0 Å². The van der Waals surface area contributed by atoms with Crippen LogP contribution in [0.3, 0.4) is 0 Å². The van der Waals surface area contributed by atoms with E-state index in [0.29, 0.717) is 18.1 Å². The van der Waals surface area contributed by atoms with E-state index in [4.69, 9.17) is 4.52 Å². The summed E-state index contributed by atoms with van der Waals surface area (Å²) in [6.45, 7) is 7.60. The highest BCUT2D eigenvalue weighted by atomic mass is 16.5. The molecule has 1 heterocycles. The predicted octanol–water partition coefficient (Wildman–Crippen LogP) is 2.28. The Kier molecular flexibility index (Phi) is 3.38. The summed E-state index contributed by atoms with van der Waals surface area (Å²) in [4.78, 5) is 15.5. The average molecular weight is 196 g/mol. The van der Waals surface area contributed by atoms with Crippen molar-refractivity contribution in [3.05, 3.63) is 11.7 Å². The maximum Gasteiger partial charge on any atom is 0.236 e. The topological polar surface area (TPSA) is 56.0 Å². The van der Waals surface area contributed by atoms with Gasteiger partial charge in [0.05, 0.1) is 5.92 Å². The lowest BCUT2D eigenvalue weighted by atomic mass is 10.1. The van der Waals surface area contributed by atoms with Crippen LogP contribution in [0.15, 0.2) is 4.52 Å². The van der Waals surface area contributed by atoms with E-state index >= 15 is 0 Å². The lowest BCUT2D eigenvalue weighted by molar-refractivity contribution is -0.120. The van der Waals surface area contributed by atoms with Crippen LogP contribution in [0.4, 0.5) is 0 Å². The number of rotatable bonds is 4. The number of carbonyl (C=O) groups excluding carboxylic acids is 1. The Morgan fingerprint density at radius 2 is 2.07 bits per heavy atom. The second-order valence-electron chi connectivity index (χ2n) is 3.69. The number of aromatic nitrogens is 2. The van der Waals surface area contributed by atoms with Crippen LogP contribution in [-0.4, -0.2) is 15.9 Å². The zero-order valence-corrected chi connectivity index (χ0v) is 9.07. The van der Waals surface area contributed by atoms with Gasteiger partial charge in [-0.25, -0.2) is 0 Å². The molecule has 0 spiro atoms. The van der Waals surface area contributed by atoms with Gasteiger partial charge in [-0.2, -0.15) is 4.98 Å². The number of ketones is 1. The van der Waals surface area contributed by atoms with Crippen LogP contribution in [0.1, 0.15) is 57.7 Å². The third-order valence-electron chi connectivity index (χ3n) is 2.18. The highest BCUT2D eigenvalue weighted by molar-refractivity contribution is 5.83. The van der Waals surface area contributed by atoms with Gasteiger partial charge in [-0.05, 0) is 6.92 Å². The highest BCUT2D eigenvalue weighted by Gasteiger charge is 2.20. The van der Waals surface area contributed by atoms with Gasteiger partial charge in [-0.3, -0.25) is 4.79 Å². The van der Waals surface area contributed by atoms with E-state index in [9.17, 15) is 4.79 Å². The third kappa shape index (κ3) is 2.19. The first kappa shape index (κ1) is 10.9. The summed E-state index contributed by atoms with van der Waals surface area (Å²) in [7, 11) is 0. The van der Waals surface area contributed by atoms with Gasteiger partial charge in [0.25, 0.3) is 0 Å². The first-order chi connectivity index (χ1) is 6.56. The Morgan fingerprint density at radius 1 is 1.43 bits per heavy atom. The summed E-state index contributed by atoms with van der Waals surface area (Å²) >= 11 is 0. The molecule has 0 fully saturated rings. The second kappa shape index (κ2) is 4.35. The SMILES string of the molecule is CCC(=O)C(C)c1nc(C(C)C)no1. The van der Waals surface area contributed by atoms with Crippen molar-refractivity contribution < 1.29 is 9.32 Å². The van der Waals surface area contributed by atoms with Gasteiger partial charge in [-0.1, -0.05) is 25.9 Å². The Labute approximate surface area is 83.7 Å². The molecule has 0 N–H and O–H groups in total. The van der Waals surface area contributed by atoms with Gasteiger partial charge in [0.15, 0.2) is 5.82 Å². The van der Waals surface area contributed by atoms with Gasteiger partial charge < -0.3 is 4.52 Å². The van der Waals surface area contributed by atoms with E-state index < -0.39 is 0 Å². The van der Waals surface area contributed by atoms with Crippen LogP contribution in [0.5, 0.6) is 0 Å². The molecule has 1 unspecified atom stereocenters. The molecule has 1 rings (SSSR count). The smallest absolute Gasteiger partial charge is 0.236 e. The van der Waals surface area contributed by atoms with Crippen molar-refractivity contribution in [2.45, 2.75) is 46.0 Å². The van der Waals surface area contributed by atoms with Crippen molar-refractivity contribution in [3.8, 4) is 0 Å². The minimum Gasteiger partial charge on any atom is -0.339 e. The second-order valence-corrected chi connectivity index (χ2v) is 3.69. The molecule has 0 radical (unpaired) electrons. The molecule has 4 heteroatoms. The molecule has 1 aromatic heterocycles. The van der Waals surface area contributed by atoms with Crippen LogP contribution in [0.25, 0.3) is 0 Å². The van der Waals surface area contributed by atoms with Gasteiger partial charge in [-0.15, -0.1) is 0 Å². The molecule has 0 aliphatic rings. The minimum atomic E-state index is -0.278. The van der Waals surface area contributed by atoms with Gasteiger partial charge in [0, 0.05) is 12.3 Å². The van der Waals surface area contributed by atoms with Gasteiger partial charge in [0.1, 0.15) is 5.78 Å². The molecule has 0 saturated heterocycles. The number of nitrogens with zero attached hydrogens (tertiary/aromatic N) is 2. The first-order valence-electron chi connectivity index (χ1n) is 4.92. The monoisotopic (exact) mass is 196 g/mol. The van der Waals surface area contributed by atoms with Crippen molar-refractivity contribution in [1.82, 2.24) is 10.1 Å². The van der Waals surface area contributed by atoms with Crippen molar-refractivity contribution in [2.24, 2.45) is 0 Å². The fourth-order valence-electron chi connectivity index (χ4n) is 1.10. The van der Waals surface area contributed by atoms with E-state index in [2.05, 4.69) is 10.1 Å². The summed E-state index contributed by atoms with van der Waals surface area (Å²) in [5.74, 6) is 1.18. The molecule has 1 atom stereocenters. The molecule has 4 nitrogen and oxygen atoms in total. The summed E-state index contributed by atoms with van der Waals surface area (Å²) in [5.41, 5.74) is 0. The first-order valence-corrected chi connectivity index (χ1v) is 4.92. The Balaban J connectivity index is 2.81. The average Bonchev–Trinajstić information content (AvgIpc) is 2.64. The van der Waals surface area contributed by atoms with Gasteiger partial charge >= 0.3 is 0 Å². The molecule has 0 saturated carbocycles. The fraction of sp³-hybridized carbons (Fsp3) is 0.700. The summed E-state index contributed by atoms with van der Waals surface area (Å²) in [5, 5.41) is 3.82. The molecular formula is C10H16N2O2. The Morgan fingerprint density at radius 3 is 2.50 bits per heavy atom. The van der Waals surface area contributed by atoms with Crippen LogP contribution >= 0.6 is 0 Å². The minimum absolute atomic E-state index is 0.129. The van der Waals surface area contributed by atoms with Crippen LogP contribution in [0.2, 0.25) is 0 Å². The van der Waals surface area contributed by atoms with Crippen molar-refractivity contribution in [2.75, 3.05) is 0 Å². The number of hydrogen-bond donors (Lipinski definition) is 0. The van der Waals surface area contributed by atoms with Crippen molar-refractivity contribution >= 4 is 5.78 Å². The normalized spacial score (nSPS) is 13.2. The largest absolute Gasteiger partial charge is 0.339 e. The maximum absolute atomic E-state index is 11.4. The van der Waals surface area contributed by atoms with Gasteiger partial charge in [0.2, 0.25) is 5.89 Å². The number of Topliss-reactive ketones (excluding diaryl/α,β-unsaturated/α-hetero) is 1. The van der Waals surface area contributed by atoms with E-state index in [1.807, 2.05) is 20.8 Å². The van der Waals surface area contributed by atoms with Crippen LogP contribution in [0, 0.1) is 0 Å². The molecular weight excluding hydrogens is 180 g/mol. The third-order valence-corrected chi connectivity index (χ3v) is 2.18. The maximum atomic E-state index is 11.4. The summed E-state index contributed by atoms with van der Waals surface area (Å²) in [6, 6.07) is 0. The Bertz CT molecular complexity index is 318. The number of carbonyl (C=O) groups is 1. The highest BCUT2D eigenvalue weighted by Crippen LogP contribution is 2.18. The standard InChI is InChI=1S/C10H16N2O2/c1-5-8(13)7(4)10-11-9(6(2)3)12-14-10/h6-7H,5H2,1-4H3. The lowest BCUT2D eigenvalue weighted by Crippen LogP contribution is -2.07. The van der Waals surface area contributed by atoms with Crippen LogP contribution < -0.4 is 0 Å². The molecule has 0 amide bonds. The number of hydrogen-bond acceptors (Lipinski definition) is 4. The zero-order valence-electron chi connectivity index (χ0n) is 9.07. The molecule has 14 heavy (non-hydrogen) atoms. The van der Waals surface area contributed by atoms with E-state index in [0.717, 1.165) is 0 Å². The summed E-state index contributed by atoms with van der Waals surface area (Å²) in [6.07, 6.45) is 0.501. The lowest BCUT2D eigenvalue weighted by Gasteiger charge is -2.01. The molecule has 0 bridgehead atoms. The zero-order chi connectivity index (χ0) is 10.7. The molecule has 0 aromatic carbocycles. The molecule has 1 aromatic rings. The molecule has 78 valence electrons. The molecule has 0 aliphatic carbocycles. The fourth-order valence-corrected chi connectivity index (χ4v) is 1.10. The Hall–Kier alpha value is -1.19. The van der Waals surface area contributed by atoms with E-state index in [1.54, 1.807) is 6.92 Å². The van der Waals surface area contributed by atoms with Crippen LogP contribution in [-0.2, 0) is 4.79 Å².